The number of carbonyl (C=O) groups is 1. The first kappa shape index (κ1) is 19.9. The van der Waals surface area contributed by atoms with Gasteiger partial charge in [-0.1, -0.05) is 53.7 Å². The second-order valence-electron chi connectivity index (χ2n) is 6.30. The predicted octanol–water partition coefficient (Wildman–Crippen LogP) is 3.12. The van der Waals surface area contributed by atoms with Gasteiger partial charge in [0.25, 0.3) is 0 Å². The summed E-state index contributed by atoms with van der Waals surface area (Å²) in [5.74, 6) is 0.958. The van der Waals surface area contributed by atoms with Gasteiger partial charge in [-0.05, 0) is 42.0 Å². The maximum Gasteiger partial charge on any atom is 0.233 e. The third-order valence-electron chi connectivity index (χ3n) is 4.13. The Bertz CT molecular complexity index is 926. The van der Waals surface area contributed by atoms with E-state index in [0.717, 1.165) is 11.3 Å². The van der Waals surface area contributed by atoms with E-state index in [1.165, 1.54) is 17.3 Å². The maximum atomic E-state index is 12.5. The Labute approximate surface area is 168 Å². The Morgan fingerprint density at radius 1 is 1.18 bits per heavy atom. The van der Waals surface area contributed by atoms with E-state index in [4.69, 9.17) is 4.74 Å². The summed E-state index contributed by atoms with van der Waals surface area (Å²) in [4.78, 5) is 14.2. The molecular formula is C20H23N5O2S. The highest BCUT2D eigenvalue weighted by Crippen LogP contribution is 2.26. The van der Waals surface area contributed by atoms with E-state index in [1.54, 1.807) is 16.6 Å². The number of thioether (sulfide) groups is 1. The van der Waals surface area contributed by atoms with Gasteiger partial charge in [-0.25, -0.2) is 0 Å². The molecule has 1 aromatic heterocycles. The fourth-order valence-electron chi connectivity index (χ4n) is 2.62. The molecule has 8 heteroatoms. The van der Waals surface area contributed by atoms with Crippen molar-refractivity contribution in [3.05, 3.63) is 59.7 Å². The second kappa shape index (κ2) is 9.36. The smallest absolute Gasteiger partial charge is 0.233 e. The van der Waals surface area contributed by atoms with Crippen molar-refractivity contribution >= 4 is 17.7 Å². The van der Waals surface area contributed by atoms with Crippen molar-refractivity contribution < 1.29 is 9.53 Å². The Balaban J connectivity index is 1.65. The summed E-state index contributed by atoms with van der Waals surface area (Å²) >= 11 is 1.30. The molecule has 1 amide bonds. The zero-order valence-corrected chi connectivity index (χ0v) is 17.0. The summed E-state index contributed by atoms with van der Waals surface area (Å²) < 4.78 is 7.25. The van der Waals surface area contributed by atoms with E-state index in [2.05, 4.69) is 15.5 Å². The molecule has 0 aliphatic carbocycles. The minimum absolute atomic E-state index is 0.0122. The number of para-hydroxylation sites is 2. The molecule has 0 unspecified atom stereocenters. The third kappa shape index (κ3) is 4.89. The van der Waals surface area contributed by atoms with Crippen molar-refractivity contribution in [2.45, 2.75) is 25.5 Å². The van der Waals surface area contributed by atoms with Crippen LogP contribution in [0.25, 0.3) is 5.69 Å². The van der Waals surface area contributed by atoms with Crippen molar-refractivity contribution in [3.63, 3.8) is 0 Å². The summed E-state index contributed by atoms with van der Waals surface area (Å²) in [6, 6.07) is 15.7. The lowest BCUT2D eigenvalue weighted by molar-refractivity contribution is -0.127. The van der Waals surface area contributed by atoms with E-state index in [9.17, 15) is 4.79 Å². The first-order chi connectivity index (χ1) is 13.6. The molecule has 7 nitrogen and oxygen atoms in total. The van der Waals surface area contributed by atoms with Gasteiger partial charge in [0.2, 0.25) is 11.1 Å². The van der Waals surface area contributed by atoms with Crippen LogP contribution in [0.1, 0.15) is 18.1 Å². The van der Waals surface area contributed by atoms with E-state index in [1.807, 2.05) is 62.4 Å². The lowest BCUT2D eigenvalue weighted by Gasteiger charge is -2.17. The lowest BCUT2D eigenvalue weighted by Crippen LogP contribution is -2.27. The number of amides is 1. The van der Waals surface area contributed by atoms with Crippen molar-refractivity contribution in [1.82, 2.24) is 25.1 Å². The SMILES string of the molecule is CCOc1ccccc1-n1nnnc1SCC(=O)N(C)Cc1ccc(C)cc1. The minimum Gasteiger partial charge on any atom is -0.492 e. The number of aryl methyl sites for hydroxylation is 1. The van der Waals surface area contributed by atoms with Gasteiger partial charge in [0.05, 0.1) is 12.4 Å². The normalized spacial score (nSPS) is 10.7. The second-order valence-corrected chi connectivity index (χ2v) is 7.24. The van der Waals surface area contributed by atoms with Gasteiger partial charge < -0.3 is 9.64 Å². The summed E-state index contributed by atoms with van der Waals surface area (Å²) in [5, 5.41) is 12.4. The number of tetrazole rings is 1. The molecule has 0 saturated heterocycles. The highest BCUT2D eigenvalue weighted by Gasteiger charge is 2.16. The third-order valence-corrected chi connectivity index (χ3v) is 5.03. The summed E-state index contributed by atoms with van der Waals surface area (Å²) in [7, 11) is 1.80. The van der Waals surface area contributed by atoms with Gasteiger partial charge in [-0.2, -0.15) is 4.68 Å². The number of ether oxygens (including phenoxy) is 1. The molecule has 0 spiro atoms. The molecule has 0 bridgehead atoms. The number of benzene rings is 2. The van der Waals surface area contributed by atoms with Gasteiger partial charge in [-0.15, -0.1) is 5.10 Å². The molecule has 0 N–H and O–H groups in total. The van der Waals surface area contributed by atoms with Crippen LogP contribution in [-0.4, -0.2) is 50.4 Å². The number of hydrogen-bond acceptors (Lipinski definition) is 6. The molecule has 0 radical (unpaired) electrons. The van der Waals surface area contributed by atoms with Gasteiger partial charge >= 0.3 is 0 Å². The van der Waals surface area contributed by atoms with E-state index >= 15 is 0 Å². The van der Waals surface area contributed by atoms with Crippen LogP contribution in [0.4, 0.5) is 0 Å². The topological polar surface area (TPSA) is 73.1 Å². The zero-order chi connectivity index (χ0) is 19.9. The monoisotopic (exact) mass is 397 g/mol. The number of carbonyl (C=O) groups excluding carboxylic acids is 1. The van der Waals surface area contributed by atoms with Gasteiger partial charge in [0.15, 0.2) is 0 Å². The number of hydrogen-bond donors (Lipinski definition) is 0. The van der Waals surface area contributed by atoms with Crippen LogP contribution in [-0.2, 0) is 11.3 Å². The molecule has 0 saturated carbocycles. The molecule has 0 fully saturated rings. The molecule has 28 heavy (non-hydrogen) atoms. The number of aromatic nitrogens is 4. The van der Waals surface area contributed by atoms with Crippen molar-refractivity contribution in [2.75, 3.05) is 19.4 Å². The van der Waals surface area contributed by atoms with Crippen LogP contribution in [0, 0.1) is 6.92 Å². The molecule has 1 heterocycles. The average molecular weight is 398 g/mol. The molecular weight excluding hydrogens is 374 g/mol. The maximum absolute atomic E-state index is 12.5. The van der Waals surface area contributed by atoms with Gasteiger partial charge in [0, 0.05) is 13.6 Å². The Kier molecular flexibility index (Phi) is 6.65. The molecule has 0 aliphatic rings. The number of rotatable bonds is 8. The molecule has 2 aromatic carbocycles. The van der Waals surface area contributed by atoms with Crippen LogP contribution in [0.2, 0.25) is 0 Å². The van der Waals surface area contributed by atoms with Gasteiger partial charge in [0.1, 0.15) is 11.4 Å². The van der Waals surface area contributed by atoms with E-state index in [-0.39, 0.29) is 11.7 Å². The highest BCUT2D eigenvalue weighted by atomic mass is 32.2. The first-order valence-electron chi connectivity index (χ1n) is 9.01. The van der Waals surface area contributed by atoms with Crippen molar-refractivity contribution in [1.29, 1.82) is 0 Å². The van der Waals surface area contributed by atoms with Crippen LogP contribution in [0.15, 0.2) is 53.7 Å². The Hall–Kier alpha value is -2.87. The number of nitrogens with zero attached hydrogens (tertiary/aromatic N) is 5. The van der Waals surface area contributed by atoms with Crippen LogP contribution in [0.5, 0.6) is 5.75 Å². The fourth-order valence-corrected chi connectivity index (χ4v) is 3.45. The average Bonchev–Trinajstić information content (AvgIpc) is 3.17. The standard InChI is InChI=1S/C20H23N5O2S/c1-4-27-18-8-6-5-7-17(18)25-20(21-22-23-25)28-14-19(26)24(3)13-16-11-9-15(2)10-12-16/h5-12H,4,13-14H2,1-3H3. The van der Waals surface area contributed by atoms with Crippen LogP contribution < -0.4 is 4.74 Å². The summed E-state index contributed by atoms with van der Waals surface area (Å²) in [6.07, 6.45) is 0. The zero-order valence-electron chi connectivity index (χ0n) is 16.2. The van der Waals surface area contributed by atoms with E-state index < -0.39 is 0 Å². The Morgan fingerprint density at radius 3 is 2.68 bits per heavy atom. The largest absolute Gasteiger partial charge is 0.492 e. The summed E-state index contributed by atoms with van der Waals surface area (Å²) in [6.45, 7) is 5.08. The summed E-state index contributed by atoms with van der Waals surface area (Å²) in [5.41, 5.74) is 3.05. The van der Waals surface area contributed by atoms with E-state index in [0.29, 0.717) is 24.1 Å². The predicted molar refractivity (Wildman–Crippen MR) is 109 cm³/mol. The van der Waals surface area contributed by atoms with Crippen molar-refractivity contribution in [2.24, 2.45) is 0 Å². The van der Waals surface area contributed by atoms with Crippen molar-refractivity contribution in [3.8, 4) is 11.4 Å². The first-order valence-corrected chi connectivity index (χ1v) is 10.00. The lowest BCUT2D eigenvalue weighted by atomic mass is 10.1. The quantitative estimate of drug-likeness (QED) is 0.544. The fraction of sp³-hybridized carbons (Fsp3) is 0.300. The van der Waals surface area contributed by atoms with Crippen LogP contribution in [0.3, 0.4) is 0 Å². The van der Waals surface area contributed by atoms with Gasteiger partial charge in [-0.3, -0.25) is 4.79 Å². The molecule has 0 aliphatic heterocycles. The molecule has 0 atom stereocenters. The van der Waals surface area contributed by atoms with Crippen LogP contribution >= 0.6 is 11.8 Å². The molecule has 3 rings (SSSR count). The highest BCUT2D eigenvalue weighted by molar-refractivity contribution is 7.99. The molecule has 3 aromatic rings. The Morgan fingerprint density at radius 2 is 1.93 bits per heavy atom. The molecule has 146 valence electrons. The minimum atomic E-state index is 0.0122.